The Morgan fingerprint density at radius 3 is 2.83 bits per heavy atom. The van der Waals surface area contributed by atoms with Gasteiger partial charge in [-0.15, -0.1) is 0 Å². The number of methoxy groups -OCH3 is 1. The molecule has 1 fully saturated rings. The lowest BCUT2D eigenvalue weighted by atomic mass is 9.81. The first-order chi connectivity index (χ1) is 8.60. The zero-order chi connectivity index (χ0) is 12.9. The molecule has 1 saturated carbocycles. The van der Waals surface area contributed by atoms with Crippen LogP contribution in [0.3, 0.4) is 0 Å². The summed E-state index contributed by atoms with van der Waals surface area (Å²) in [7, 11) is 1.59. The van der Waals surface area contributed by atoms with Crippen molar-refractivity contribution in [2.75, 3.05) is 7.11 Å². The van der Waals surface area contributed by atoms with Crippen LogP contribution >= 0.6 is 0 Å². The van der Waals surface area contributed by atoms with E-state index in [9.17, 15) is 9.59 Å². The smallest absolute Gasteiger partial charge is 0.185 e. The first-order valence-electron chi connectivity index (χ1n) is 6.01. The van der Waals surface area contributed by atoms with Gasteiger partial charge in [0.15, 0.2) is 5.78 Å². The molecule has 18 heavy (non-hydrogen) atoms. The van der Waals surface area contributed by atoms with Gasteiger partial charge in [-0.1, -0.05) is 18.2 Å². The van der Waals surface area contributed by atoms with Gasteiger partial charge in [-0.2, -0.15) is 0 Å². The zero-order valence-corrected chi connectivity index (χ0v) is 10.4. The fourth-order valence-electron chi connectivity index (χ4n) is 3.03. The van der Waals surface area contributed by atoms with E-state index in [0.717, 1.165) is 12.0 Å². The molecule has 0 amide bonds. The van der Waals surface area contributed by atoms with Gasteiger partial charge < -0.3 is 4.74 Å². The van der Waals surface area contributed by atoms with Crippen LogP contribution in [0.1, 0.15) is 29.3 Å². The van der Waals surface area contributed by atoms with Crippen molar-refractivity contribution in [1.82, 2.24) is 0 Å². The second-order valence-corrected chi connectivity index (χ2v) is 4.99. The zero-order valence-electron chi connectivity index (χ0n) is 10.4. The molecule has 1 spiro atoms. The molecule has 1 aromatic carbocycles. The Balaban J connectivity index is 2.21. The van der Waals surface area contributed by atoms with Gasteiger partial charge in [-0.25, -0.2) is 0 Å². The number of hydrogen-bond donors (Lipinski definition) is 0. The summed E-state index contributed by atoms with van der Waals surface area (Å²) in [6.45, 7) is 1.61. The van der Waals surface area contributed by atoms with Gasteiger partial charge in [0.25, 0.3) is 0 Å². The number of rotatable bonds is 2. The van der Waals surface area contributed by atoms with Crippen molar-refractivity contribution in [2.24, 2.45) is 5.92 Å². The molecule has 2 aliphatic rings. The molecule has 0 saturated heterocycles. The minimum atomic E-state index is -0.304. The summed E-state index contributed by atoms with van der Waals surface area (Å²) >= 11 is 0. The van der Waals surface area contributed by atoms with Crippen LogP contribution in [-0.2, 0) is 10.2 Å². The Labute approximate surface area is 105 Å². The fraction of sp³-hybridized carbons (Fsp3) is 0.333. The molecular formula is C15H14O3. The fourth-order valence-corrected chi connectivity index (χ4v) is 3.03. The Hall–Kier alpha value is -1.90. The third-order valence-corrected chi connectivity index (χ3v) is 4.00. The number of hydrogen-bond acceptors (Lipinski definition) is 3. The Bertz CT molecular complexity index is 585. The summed E-state index contributed by atoms with van der Waals surface area (Å²) < 4.78 is 5.37. The quantitative estimate of drug-likeness (QED) is 0.799. The lowest BCUT2D eigenvalue weighted by molar-refractivity contribution is -0.118. The number of allylic oxidation sites excluding steroid dienone is 2. The lowest BCUT2D eigenvalue weighted by Gasteiger charge is -2.23. The monoisotopic (exact) mass is 242 g/mol. The molecule has 0 bridgehead atoms. The summed E-state index contributed by atoms with van der Waals surface area (Å²) in [5, 5.41) is 0. The van der Waals surface area contributed by atoms with E-state index in [-0.39, 0.29) is 22.9 Å². The topological polar surface area (TPSA) is 43.4 Å². The van der Waals surface area contributed by atoms with Crippen molar-refractivity contribution < 1.29 is 14.3 Å². The van der Waals surface area contributed by atoms with Crippen LogP contribution < -0.4 is 4.74 Å². The highest BCUT2D eigenvalue weighted by molar-refractivity contribution is 6.09. The third kappa shape index (κ3) is 1.30. The highest BCUT2D eigenvalue weighted by Crippen LogP contribution is 2.60. The Kier molecular flexibility index (Phi) is 2.21. The summed E-state index contributed by atoms with van der Waals surface area (Å²) in [5.41, 5.74) is 1.25. The average Bonchev–Trinajstić information content (AvgIpc) is 3.09. The van der Waals surface area contributed by atoms with Crippen molar-refractivity contribution >= 4 is 11.6 Å². The molecule has 0 aliphatic heterocycles. The summed E-state index contributed by atoms with van der Waals surface area (Å²) in [5.74, 6) is 0.848. The van der Waals surface area contributed by atoms with Gasteiger partial charge in [0.2, 0.25) is 0 Å². The molecule has 0 N–H and O–H groups in total. The van der Waals surface area contributed by atoms with E-state index in [1.807, 2.05) is 18.2 Å². The molecule has 2 unspecified atom stereocenters. The van der Waals surface area contributed by atoms with Crippen LogP contribution in [0.4, 0.5) is 0 Å². The molecule has 1 aromatic rings. The highest BCUT2D eigenvalue weighted by Gasteiger charge is 2.59. The molecule has 92 valence electrons. The van der Waals surface area contributed by atoms with Crippen LogP contribution in [-0.4, -0.2) is 18.7 Å². The number of ether oxygens (including phenoxy) is 1. The van der Waals surface area contributed by atoms with E-state index in [0.29, 0.717) is 11.3 Å². The molecule has 3 rings (SSSR count). The second-order valence-electron chi connectivity index (χ2n) is 4.99. The summed E-state index contributed by atoms with van der Waals surface area (Å²) in [4.78, 5) is 23.5. The Morgan fingerprint density at radius 1 is 1.44 bits per heavy atom. The molecule has 2 aliphatic carbocycles. The summed E-state index contributed by atoms with van der Waals surface area (Å²) in [6.07, 6.45) is 4.25. The van der Waals surface area contributed by atoms with Crippen molar-refractivity contribution in [1.29, 1.82) is 0 Å². The van der Waals surface area contributed by atoms with Crippen LogP contribution in [0.2, 0.25) is 0 Å². The van der Waals surface area contributed by atoms with E-state index in [1.165, 1.54) is 0 Å². The van der Waals surface area contributed by atoms with Crippen molar-refractivity contribution in [3.63, 3.8) is 0 Å². The van der Waals surface area contributed by atoms with Crippen LogP contribution in [0.15, 0.2) is 30.4 Å². The van der Waals surface area contributed by atoms with E-state index in [4.69, 9.17) is 4.74 Å². The number of fused-ring (bicyclic) bond motifs is 2. The first-order valence-corrected chi connectivity index (χ1v) is 6.01. The normalized spacial score (nSPS) is 28.1. The van der Waals surface area contributed by atoms with Gasteiger partial charge >= 0.3 is 0 Å². The number of benzene rings is 1. The largest absolute Gasteiger partial charge is 0.496 e. The molecule has 3 heteroatoms. The van der Waals surface area contributed by atoms with Crippen LogP contribution in [0.25, 0.3) is 0 Å². The first kappa shape index (κ1) is 11.2. The molecular weight excluding hydrogens is 228 g/mol. The van der Waals surface area contributed by atoms with Crippen molar-refractivity contribution in [3.8, 4) is 5.75 Å². The average molecular weight is 242 g/mol. The van der Waals surface area contributed by atoms with E-state index in [2.05, 4.69) is 0 Å². The van der Waals surface area contributed by atoms with Gasteiger partial charge in [-0.3, -0.25) is 9.59 Å². The van der Waals surface area contributed by atoms with E-state index in [1.54, 1.807) is 26.2 Å². The SMILES string of the molecule is COc1cccc2c1C1(C=CC2=O)CC1C(C)=O. The number of Topliss-reactive ketones (excluding diaryl/α,β-unsaturated/α-hetero) is 1. The standard InChI is InChI=1S/C15H14O3/c1-9(16)11-8-15(11)7-6-12(17)10-4-3-5-13(18-2)14(10)15/h3-7,11H,8H2,1-2H3. The van der Waals surface area contributed by atoms with Crippen LogP contribution in [0.5, 0.6) is 5.75 Å². The predicted octanol–water partition coefficient (Wildman–Crippen LogP) is 2.29. The van der Waals surface area contributed by atoms with Crippen molar-refractivity contribution in [3.05, 3.63) is 41.5 Å². The maximum atomic E-state index is 11.9. The minimum Gasteiger partial charge on any atom is -0.496 e. The molecule has 0 heterocycles. The molecule has 2 atom stereocenters. The predicted molar refractivity (Wildman–Crippen MR) is 66.9 cm³/mol. The maximum Gasteiger partial charge on any atom is 0.185 e. The maximum absolute atomic E-state index is 11.9. The van der Waals surface area contributed by atoms with Gasteiger partial charge in [0.05, 0.1) is 7.11 Å². The summed E-state index contributed by atoms with van der Waals surface area (Å²) in [6, 6.07) is 5.47. The van der Waals surface area contributed by atoms with E-state index >= 15 is 0 Å². The third-order valence-electron chi connectivity index (χ3n) is 4.00. The number of ketones is 2. The van der Waals surface area contributed by atoms with Gasteiger partial charge in [0.1, 0.15) is 11.5 Å². The van der Waals surface area contributed by atoms with Crippen molar-refractivity contribution in [2.45, 2.75) is 18.8 Å². The highest BCUT2D eigenvalue weighted by atomic mass is 16.5. The second kappa shape index (κ2) is 3.55. The van der Waals surface area contributed by atoms with Gasteiger partial charge in [0, 0.05) is 22.5 Å². The van der Waals surface area contributed by atoms with Gasteiger partial charge in [-0.05, 0) is 25.5 Å². The number of carbonyl (C=O) groups excluding carboxylic acids is 2. The molecule has 3 nitrogen and oxygen atoms in total. The molecule has 0 radical (unpaired) electrons. The van der Waals surface area contributed by atoms with Crippen LogP contribution in [0, 0.1) is 5.92 Å². The minimum absolute atomic E-state index is 0.0104. The lowest BCUT2D eigenvalue weighted by Crippen LogP contribution is -2.20. The molecule has 0 aromatic heterocycles. The Morgan fingerprint density at radius 2 is 2.22 bits per heavy atom. The number of carbonyl (C=O) groups is 2. The van der Waals surface area contributed by atoms with E-state index < -0.39 is 0 Å².